The molecule has 2 atom stereocenters. The number of Topliss-reactive ketones (excluding diaryl/α,β-unsaturated/α-hetero) is 1. The van der Waals surface area contributed by atoms with Gasteiger partial charge in [0.2, 0.25) is 10.0 Å². The summed E-state index contributed by atoms with van der Waals surface area (Å²) in [6.07, 6.45) is 3.65. The Kier molecular flexibility index (Phi) is 5.57. The number of carbonyl (C=O) groups is 1. The Labute approximate surface area is 174 Å². The largest absolute Gasteiger partial charge is 0.457 e. The van der Waals surface area contributed by atoms with Crippen molar-refractivity contribution in [3.63, 3.8) is 0 Å². The number of piperidine rings is 1. The van der Waals surface area contributed by atoms with Crippen LogP contribution in [-0.2, 0) is 14.8 Å². The number of non-ortho nitro benzene ring substituents is 1. The van der Waals surface area contributed by atoms with Crippen molar-refractivity contribution in [2.24, 2.45) is 5.92 Å². The van der Waals surface area contributed by atoms with Crippen LogP contribution >= 0.6 is 0 Å². The molecular weight excluding hydrogens is 408 g/mol. The van der Waals surface area contributed by atoms with Crippen LogP contribution in [0.3, 0.4) is 0 Å². The summed E-state index contributed by atoms with van der Waals surface area (Å²) >= 11 is 0. The monoisotopic (exact) mass is 430 g/mol. The first-order valence-electron chi connectivity index (χ1n) is 9.93. The molecule has 2 fully saturated rings. The van der Waals surface area contributed by atoms with E-state index in [0.717, 1.165) is 25.7 Å². The van der Waals surface area contributed by atoms with Gasteiger partial charge in [0.05, 0.1) is 9.82 Å². The SMILES string of the molecule is O=C1CCN(S(=O)(=O)c2ccc(Oc3ccc([N+](=O)[O-])cc3)cc2)C2CCCCC12. The van der Waals surface area contributed by atoms with Gasteiger partial charge in [-0.2, -0.15) is 4.31 Å². The van der Waals surface area contributed by atoms with Gasteiger partial charge in [-0.1, -0.05) is 12.8 Å². The minimum absolute atomic E-state index is 0.0372. The maximum atomic E-state index is 13.2. The molecule has 0 radical (unpaired) electrons. The number of nitro benzene ring substituents is 1. The predicted octanol–water partition coefficient (Wildman–Crippen LogP) is 3.91. The quantitative estimate of drug-likeness (QED) is 0.526. The smallest absolute Gasteiger partial charge is 0.269 e. The van der Waals surface area contributed by atoms with Gasteiger partial charge in [-0.05, 0) is 49.2 Å². The summed E-state index contributed by atoms with van der Waals surface area (Å²) in [6, 6.07) is 11.5. The first-order chi connectivity index (χ1) is 14.4. The summed E-state index contributed by atoms with van der Waals surface area (Å²) in [6.45, 7) is 0.226. The maximum absolute atomic E-state index is 13.2. The van der Waals surface area contributed by atoms with Gasteiger partial charge in [-0.25, -0.2) is 8.42 Å². The van der Waals surface area contributed by atoms with E-state index in [1.165, 1.54) is 40.7 Å². The first kappa shape index (κ1) is 20.5. The maximum Gasteiger partial charge on any atom is 0.269 e. The van der Waals surface area contributed by atoms with Crippen molar-refractivity contribution in [3.05, 3.63) is 58.6 Å². The van der Waals surface area contributed by atoms with Crippen molar-refractivity contribution in [1.82, 2.24) is 4.31 Å². The standard InChI is InChI=1S/C21H22N2O6S/c24-21-13-14-22(20-4-2-1-3-19(20)21)30(27,28)18-11-9-17(10-12-18)29-16-7-5-15(6-8-16)23(25)26/h5-12,19-20H,1-4,13-14H2. The van der Waals surface area contributed by atoms with Gasteiger partial charge >= 0.3 is 0 Å². The zero-order valence-corrected chi connectivity index (χ0v) is 17.1. The first-order valence-corrected chi connectivity index (χ1v) is 11.4. The van der Waals surface area contributed by atoms with Crippen molar-refractivity contribution >= 4 is 21.5 Å². The van der Waals surface area contributed by atoms with Crippen LogP contribution in [0, 0.1) is 16.0 Å². The average molecular weight is 430 g/mol. The number of nitrogens with zero attached hydrogens (tertiary/aromatic N) is 2. The number of nitro groups is 1. The molecule has 0 amide bonds. The van der Waals surface area contributed by atoms with E-state index in [9.17, 15) is 23.3 Å². The van der Waals surface area contributed by atoms with E-state index in [0.29, 0.717) is 11.5 Å². The number of benzene rings is 2. The third kappa shape index (κ3) is 3.95. The van der Waals surface area contributed by atoms with E-state index in [2.05, 4.69) is 0 Å². The highest BCUT2D eigenvalue weighted by Gasteiger charge is 2.43. The van der Waals surface area contributed by atoms with E-state index < -0.39 is 14.9 Å². The lowest BCUT2D eigenvalue weighted by Crippen LogP contribution is -2.53. The van der Waals surface area contributed by atoms with Crippen LogP contribution in [-0.4, -0.2) is 36.0 Å². The zero-order valence-electron chi connectivity index (χ0n) is 16.3. The minimum Gasteiger partial charge on any atom is -0.457 e. The summed E-state index contributed by atoms with van der Waals surface area (Å²) in [4.78, 5) is 22.6. The Morgan fingerprint density at radius 1 is 0.967 bits per heavy atom. The van der Waals surface area contributed by atoms with Crippen LogP contribution in [0.5, 0.6) is 11.5 Å². The van der Waals surface area contributed by atoms with Crippen molar-refractivity contribution in [2.75, 3.05) is 6.54 Å². The van der Waals surface area contributed by atoms with E-state index >= 15 is 0 Å². The Balaban J connectivity index is 1.51. The van der Waals surface area contributed by atoms with Crippen LogP contribution < -0.4 is 4.74 Å². The molecule has 9 heteroatoms. The Bertz CT molecular complexity index is 1050. The van der Waals surface area contributed by atoms with Crippen molar-refractivity contribution < 1.29 is 22.9 Å². The molecule has 0 N–H and O–H groups in total. The number of ketones is 1. The number of hydrogen-bond donors (Lipinski definition) is 0. The van der Waals surface area contributed by atoms with E-state index in [4.69, 9.17) is 4.74 Å². The van der Waals surface area contributed by atoms with Crippen LogP contribution in [0.1, 0.15) is 32.1 Å². The highest BCUT2D eigenvalue weighted by Crippen LogP contribution is 2.36. The molecule has 1 saturated carbocycles. The van der Waals surface area contributed by atoms with Gasteiger partial charge in [0, 0.05) is 37.1 Å². The van der Waals surface area contributed by atoms with Gasteiger partial charge < -0.3 is 4.74 Å². The molecule has 0 spiro atoms. The Morgan fingerprint density at radius 2 is 1.57 bits per heavy atom. The summed E-state index contributed by atoms with van der Waals surface area (Å²) < 4.78 is 33.6. The normalized spacial score (nSPS) is 22.3. The molecule has 2 unspecified atom stereocenters. The summed E-state index contributed by atoms with van der Waals surface area (Å²) in [7, 11) is -3.71. The number of ether oxygens (including phenoxy) is 1. The minimum atomic E-state index is -3.71. The lowest BCUT2D eigenvalue weighted by Gasteiger charge is -2.42. The predicted molar refractivity (Wildman–Crippen MR) is 109 cm³/mol. The number of fused-ring (bicyclic) bond motifs is 1. The lowest BCUT2D eigenvalue weighted by molar-refractivity contribution is -0.384. The molecule has 1 aliphatic heterocycles. The second-order valence-corrected chi connectivity index (χ2v) is 9.51. The number of hydrogen-bond acceptors (Lipinski definition) is 6. The second-order valence-electron chi connectivity index (χ2n) is 7.61. The zero-order chi connectivity index (χ0) is 21.3. The molecule has 0 aromatic heterocycles. The van der Waals surface area contributed by atoms with Crippen LogP contribution in [0.25, 0.3) is 0 Å². The number of carbonyl (C=O) groups excluding carboxylic acids is 1. The molecular formula is C21H22N2O6S. The van der Waals surface area contributed by atoms with Gasteiger partial charge in [-0.15, -0.1) is 0 Å². The summed E-state index contributed by atoms with van der Waals surface area (Å²) in [5, 5.41) is 10.7. The van der Waals surface area contributed by atoms with Gasteiger partial charge in [0.25, 0.3) is 5.69 Å². The molecule has 0 bridgehead atoms. The van der Waals surface area contributed by atoms with Crippen LogP contribution in [0.2, 0.25) is 0 Å². The Hall–Kier alpha value is -2.78. The second kappa shape index (κ2) is 8.16. The van der Waals surface area contributed by atoms with Gasteiger partial charge in [0.1, 0.15) is 17.3 Å². The summed E-state index contributed by atoms with van der Waals surface area (Å²) in [5.41, 5.74) is -0.0372. The average Bonchev–Trinajstić information content (AvgIpc) is 2.75. The molecule has 1 saturated heterocycles. The lowest BCUT2D eigenvalue weighted by atomic mass is 9.79. The van der Waals surface area contributed by atoms with E-state index in [-0.39, 0.29) is 41.3 Å². The van der Waals surface area contributed by atoms with Crippen molar-refractivity contribution in [2.45, 2.75) is 43.0 Å². The highest BCUT2D eigenvalue weighted by atomic mass is 32.2. The van der Waals surface area contributed by atoms with Crippen molar-refractivity contribution in [3.8, 4) is 11.5 Å². The van der Waals surface area contributed by atoms with Gasteiger partial charge in [-0.3, -0.25) is 14.9 Å². The fourth-order valence-electron chi connectivity index (χ4n) is 4.29. The number of rotatable bonds is 5. The highest BCUT2D eigenvalue weighted by molar-refractivity contribution is 7.89. The third-order valence-corrected chi connectivity index (χ3v) is 7.74. The molecule has 1 aliphatic carbocycles. The molecule has 8 nitrogen and oxygen atoms in total. The molecule has 30 heavy (non-hydrogen) atoms. The Morgan fingerprint density at radius 3 is 2.20 bits per heavy atom. The molecule has 158 valence electrons. The summed E-state index contributed by atoms with van der Waals surface area (Å²) in [5.74, 6) is 0.827. The topological polar surface area (TPSA) is 107 Å². The van der Waals surface area contributed by atoms with E-state index in [1.54, 1.807) is 12.1 Å². The molecule has 4 rings (SSSR count). The third-order valence-electron chi connectivity index (χ3n) is 5.81. The fourth-order valence-corrected chi connectivity index (χ4v) is 5.98. The molecule has 2 aromatic carbocycles. The molecule has 2 aromatic rings. The number of sulfonamides is 1. The molecule has 2 aliphatic rings. The van der Waals surface area contributed by atoms with Crippen LogP contribution in [0.4, 0.5) is 5.69 Å². The van der Waals surface area contributed by atoms with E-state index in [1.807, 2.05) is 0 Å². The van der Waals surface area contributed by atoms with Gasteiger partial charge in [0.15, 0.2) is 0 Å². The van der Waals surface area contributed by atoms with Crippen LogP contribution in [0.15, 0.2) is 53.4 Å². The van der Waals surface area contributed by atoms with Crippen molar-refractivity contribution in [1.29, 1.82) is 0 Å². The molecule has 1 heterocycles. The fraction of sp³-hybridized carbons (Fsp3) is 0.381.